The number of amides is 1. The van der Waals surface area contributed by atoms with Crippen molar-refractivity contribution in [2.24, 2.45) is 0 Å². The maximum Gasteiger partial charge on any atom is 0.265 e. The van der Waals surface area contributed by atoms with Crippen LogP contribution in [0.1, 0.15) is 23.6 Å². The topological polar surface area (TPSA) is 47.6 Å². The molecule has 0 aliphatic heterocycles. The quantitative estimate of drug-likeness (QED) is 0.881. The lowest BCUT2D eigenvalue weighted by molar-refractivity contribution is -0.122. The molecule has 1 atom stereocenters. The van der Waals surface area contributed by atoms with E-state index in [0.717, 1.165) is 28.1 Å². The number of hydrogen-bond donors (Lipinski definition) is 1. The predicted octanol–water partition coefficient (Wildman–Crippen LogP) is 3.86. The number of methoxy groups -OCH3 is 1. The fourth-order valence-corrected chi connectivity index (χ4v) is 2.23. The summed E-state index contributed by atoms with van der Waals surface area (Å²) >= 11 is 0. The highest BCUT2D eigenvalue weighted by atomic mass is 16.5. The molecule has 0 fully saturated rings. The second-order valence-corrected chi connectivity index (χ2v) is 5.65. The molecule has 0 bridgehead atoms. The predicted molar refractivity (Wildman–Crippen MR) is 91.8 cm³/mol. The van der Waals surface area contributed by atoms with Crippen molar-refractivity contribution in [2.75, 3.05) is 12.4 Å². The first-order valence-electron chi connectivity index (χ1n) is 7.62. The minimum absolute atomic E-state index is 0.180. The molecular formula is C19H23NO3. The van der Waals surface area contributed by atoms with Crippen LogP contribution >= 0.6 is 0 Å². The third kappa shape index (κ3) is 4.83. The molecule has 2 aromatic rings. The maximum atomic E-state index is 12.3. The van der Waals surface area contributed by atoms with Gasteiger partial charge in [-0.25, -0.2) is 0 Å². The molecule has 0 aromatic heterocycles. The Balaban J connectivity index is 2.02. The number of hydrogen-bond acceptors (Lipinski definition) is 3. The smallest absolute Gasteiger partial charge is 0.265 e. The van der Waals surface area contributed by atoms with Crippen molar-refractivity contribution in [3.05, 3.63) is 59.2 Å². The van der Waals surface area contributed by atoms with Gasteiger partial charge in [-0.1, -0.05) is 24.3 Å². The first-order chi connectivity index (χ1) is 11.0. The first kappa shape index (κ1) is 17.0. The van der Waals surface area contributed by atoms with Crippen molar-refractivity contribution in [1.29, 1.82) is 0 Å². The Kier molecular flexibility index (Phi) is 5.77. The highest BCUT2D eigenvalue weighted by molar-refractivity contribution is 5.94. The lowest BCUT2D eigenvalue weighted by atomic mass is 10.1. The Morgan fingerprint density at radius 2 is 1.96 bits per heavy atom. The molecule has 4 heteroatoms. The Hall–Kier alpha value is -2.33. The van der Waals surface area contributed by atoms with Crippen LogP contribution in [0.5, 0.6) is 5.75 Å². The normalized spacial score (nSPS) is 11.8. The Labute approximate surface area is 137 Å². The Morgan fingerprint density at radius 3 is 2.70 bits per heavy atom. The molecule has 0 aliphatic rings. The lowest BCUT2D eigenvalue weighted by Crippen LogP contribution is -2.30. The van der Waals surface area contributed by atoms with E-state index in [1.165, 1.54) is 0 Å². The molecule has 1 amide bonds. The summed E-state index contributed by atoms with van der Waals surface area (Å²) in [5.74, 6) is 0.557. The molecule has 4 nitrogen and oxygen atoms in total. The first-order valence-corrected chi connectivity index (χ1v) is 7.62. The molecule has 0 unspecified atom stereocenters. The highest BCUT2D eigenvalue weighted by Crippen LogP contribution is 2.21. The molecule has 1 N–H and O–H groups in total. The molecule has 2 aromatic carbocycles. The number of carbonyl (C=O) groups excluding carboxylic acids is 1. The van der Waals surface area contributed by atoms with Gasteiger partial charge in [0.25, 0.3) is 5.91 Å². The van der Waals surface area contributed by atoms with E-state index in [4.69, 9.17) is 9.47 Å². The number of anilines is 1. The van der Waals surface area contributed by atoms with Crippen molar-refractivity contribution >= 4 is 11.6 Å². The van der Waals surface area contributed by atoms with Gasteiger partial charge in [0.1, 0.15) is 5.75 Å². The molecule has 0 spiro atoms. The minimum atomic E-state index is -0.582. The fraction of sp³-hybridized carbons (Fsp3) is 0.316. The van der Waals surface area contributed by atoms with Crippen LogP contribution in [-0.4, -0.2) is 19.1 Å². The standard InChI is InChI=1S/C19H23NO3/c1-13-8-9-14(2)18(10-13)23-15(3)19(21)20-17-7-5-6-16(11-17)12-22-4/h5-11,15H,12H2,1-4H3,(H,20,21)/t15-/m1/s1. The Bertz CT molecular complexity index is 682. The zero-order valence-electron chi connectivity index (χ0n) is 14.1. The monoisotopic (exact) mass is 313 g/mol. The molecule has 2 rings (SSSR count). The molecule has 0 radical (unpaired) electrons. The third-order valence-corrected chi connectivity index (χ3v) is 3.52. The van der Waals surface area contributed by atoms with E-state index in [1.807, 2.05) is 56.3 Å². The number of nitrogens with one attached hydrogen (secondary N) is 1. The number of benzene rings is 2. The summed E-state index contributed by atoms with van der Waals surface area (Å²) in [6.45, 7) is 6.22. The van der Waals surface area contributed by atoms with Crippen LogP contribution in [0.15, 0.2) is 42.5 Å². The van der Waals surface area contributed by atoms with E-state index in [-0.39, 0.29) is 5.91 Å². The van der Waals surface area contributed by atoms with Crippen LogP contribution in [0.25, 0.3) is 0 Å². The van der Waals surface area contributed by atoms with Crippen molar-refractivity contribution < 1.29 is 14.3 Å². The van der Waals surface area contributed by atoms with Gasteiger partial charge < -0.3 is 14.8 Å². The average molecular weight is 313 g/mol. The molecule has 0 saturated carbocycles. The van der Waals surface area contributed by atoms with Crippen LogP contribution in [0.4, 0.5) is 5.69 Å². The van der Waals surface area contributed by atoms with E-state index >= 15 is 0 Å². The van der Waals surface area contributed by atoms with Crippen LogP contribution in [0.3, 0.4) is 0 Å². The van der Waals surface area contributed by atoms with Crippen molar-refractivity contribution in [3.63, 3.8) is 0 Å². The molecule has 0 saturated heterocycles. The highest BCUT2D eigenvalue weighted by Gasteiger charge is 2.16. The number of carbonyl (C=O) groups is 1. The lowest BCUT2D eigenvalue weighted by Gasteiger charge is -2.17. The number of rotatable bonds is 6. The summed E-state index contributed by atoms with van der Waals surface area (Å²) in [6.07, 6.45) is -0.582. The summed E-state index contributed by atoms with van der Waals surface area (Å²) in [6, 6.07) is 13.5. The molecular weight excluding hydrogens is 290 g/mol. The van der Waals surface area contributed by atoms with Crippen LogP contribution in [0, 0.1) is 13.8 Å². The summed E-state index contributed by atoms with van der Waals surface area (Å²) in [5.41, 5.74) is 3.86. The van der Waals surface area contributed by atoms with Crippen molar-refractivity contribution in [3.8, 4) is 5.75 Å². The fourth-order valence-electron chi connectivity index (χ4n) is 2.23. The van der Waals surface area contributed by atoms with Gasteiger partial charge in [-0.3, -0.25) is 4.79 Å². The van der Waals surface area contributed by atoms with Gasteiger partial charge in [-0.05, 0) is 55.7 Å². The molecule has 23 heavy (non-hydrogen) atoms. The summed E-state index contributed by atoms with van der Waals surface area (Å²) < 4.78 is 10.9. The summed E-state index contributed by atoms with van der Waals surface area (Å²) in [4.78, 5) is 12.3. The van der Waals surface area contributed by atoms with Gasteiger partial charge in [0.2, 0.25) is 0 Å². The van der Waals surface area contributed by atoms with E-state index in [0.29, 0.717) is 6.61 Å². The minimum Gasteiger partial charge on any atom is -0.481 e. The zero-order valence-corrected chi connectivity index (χ0v) is 14.1. The number of ether oxygens (including phenoxy) is 2. The number of aryl methyl sites for hydroxylation is 2. The van der Waals surface area contributed by atoms with Gasteiger partial charge in [0.05, 0.1) is 6.61 Å². The largest absolute Gasteiger partial charge is 0.481 e. The zero-order chi connectivity index (χ0) is 16.8. The molecule has 0 aliphatic carbocycles. The van der Waals surface area contributed by atoms with Crippen LogP contribution < -0.4 is 10.1 Å². The second kappa shape index (κ2) is 7.79. The van der Waals surface area contributed by atoms with Gasteiger partial charge in [-0.15, -0.1) is 0 Å². The van der Waals surface area contributed by atoms with E-state index in [9.17, 15) is 4.79 Å². The van der Waals surface area contributed by atoms with E-state index in [1.54, 1.807) is 14.0 Å². The van der Waals surface area contributed by atoms with Gasteiger partial charge in [0.15, 0.2) is 6.10 Å². The third-order valence-electron chi connectivity index (χ3n) is 3.52. The Morgan fingerprint density at radius 1 is 1.17 bits per heavy atom. The summed E-state index contributed by atoms with van der Waals surface area (Å²) in [5, 5.41) is 2.88. The van der Waals surface area contributed by atoms with Crippen LogP contribution in [-0.2, 0) is 16.1 Å². The average Bonchev–Trinajstić information content (AvgIpc) is 2.51. The van der Waals surface area contributed by atoms with Gasteiger partial charge in [-0.2, -0.15) is 0 Å². The second-order valence-electron chi connectivity index (χ2n) is 5.65. The summed E-state index contributed by atoms with van der Waals surface area (Å²) in [7, 11) is 1.64. The maximum absolute atomic E-state index is 12.3. The van der Waals surface area contributed by atoms with Gasteiger partial charge >= 0.3 is 0 Å². The van der Waals surface area contributed by atoms with Crippen molar-refractivity contribution in [1.82, 2.24) is 0 Å². The van der Waals surface area contributed by atoms with E-state index < -0.39 is 6.10 Å². The molecule has 0 heterocycles. The SMILES string of the molecule is COCc1cccc(NC(=O)[C@@H](C)Oc2cc(C)ccc2C)c1. The van der Waals surface area contributed by atoms with Gasteiger partial charge in [0, 0.05) is 12.8 Å². The van der Waals surface area contributed by atoms with Crippen LogP contribution in [0.2, 0.25) is 0 Å². The van der Waals surface area contributed by atoms with Crippen molar-refractivity contribution in [2.45, 2.75) is 33.5 Å². The molecule has 122 valence electrons. The van der Waals surface area contributed by atoms with E-state index in [2.05, 4.69) is 5.32 Å².